The van der Waals surface area contributed by atoms with Gasteiger partial charge in [-0.2, -0.15) is 16.1 Å². The summed E-state index contributed by atoms with van der Waals surface area (Å²) in [5.74, 6) is 1.75. The molecule has 1 aliphatic rings. The molecular formula is C16H17NO2S2. The molecule has 0 bridgehead atoms. The Morgan fingerprint density at radius 3 is 2.00 bits per heavy atom. The number of benzene rings is 2. The Balaban J connectivity index is 1.87. The van der Waals surface area contributed by atoms with Crippen LogP contribution in [0, 0.1) is 0 Å². The van der Waals surface area contributed by atoms with Crippen LogP contribution in [0.5, 0.6) is 0 Å². The number of thioether (sulfide) groups is 1. The van der Waals surface area contributed by atoms with Gasteiger partial charge in [0.25, 0.3) is 0 Å². The summed E-state index contributed by atoms with van der Waals surface area (Å²) in [6.07, 6.45) is 0. The summed E-state index contributed by atoms with van der Waals surface area (Å²) >= 11 is 1.80. The van der Waals surface area contributed by atoms with Crippen LogP contribution in [0.4, 0.5) is 0 Å². The smallest absolute Gasteiger partial charge is 0.207 e. The molecular weight excluding hydrogens is 302 g/mol. The van der Waals surface area contributed by atoms with Crippen LogP contribution in [0.15, 0.2) is 59.5 Å². The molecule has 5 heteroatoms. The lowest BCUT2D eigenvalue weighted by Gasteiger charge is -2.25. The molecule has 0 atom stereocenters. The Morgan fingerprint density at radius 1 is 0.810 bits per heavy atom. The molecule has 0 radical (unpaired) electrons. The highest BCUT2D eigenvalue weighted by Crippen LogP contribution is 2.24. The normalized spacial score (nSPS) is 16.8. The molecule has 1 heterocycles. The second-order valence-electron chi connectivity index (χ2n) is 4.91. The number of sulfonamides is 1. The minimum atomic E-state index is -3.34. The lowest BCUT2D eigenvalue weighted by atomic mass is 10.1. The minimum absolute atomic E-state index is 0.383. The van der Waals surface area contributed by atoms with Gasteiger partial charge in [0.15, 0.2) is 0 Å². The van der Waals surface area contributed by atoms with Gasteiger partial charge in [0.1, 0.15) is 0 Å². The quantitative estimate of drug-likeness (QED) is 0.872. The van der Waals surface area contributed by atoms with Crippen molar-refractivity contribution in [1.29, 1.82) is 0 Å². The average molecular weight is 319 g/mol. The summed E-state index contributed by atoms with van der Waals surface area (Å²) in [6, 6.07) is 17.1. The molecule has 0 N–H and O–H groups in total. The molecule has 1 fully saturated rings. The zero-order valence-corrected chi connectivity index (χ0v) is 13.2. The summed E-state index contributed by atoms with van der Waals surface area (Å²) in [5.41, 5.74) is 2.12. The fourth-order valence-corrected chi connectivity index (χ4v) is 4.96. The van der Waals surface area contributed by atoms with E-state index in [0.29, 0.717) is 18.0 Å². The second-order valence-corrected chi connectivity index (χ2v) is 8.07. The Morgan fingerprint density at radius 2 is 1.38 bits per heavy atom. The monoisotopic (exact) mass is 319 g/mol. The highest BCUT2D eigenvalue weighted by Gasteiger charge is 2.25. The summed E-state index contributed by atoms with van der Waals surface area (Å²) in [6.45, 7) is 1.21. The third-order valence-corrected chi connectivity index (χ3v) is 6.42. The maximum atomic E-state index is 12.6. The summed E-state index contributed by atoms with van der Waals surface area (Å²) in [4.78, 5) is 0.383. The molecule has 0 saturated carbocycles. The van der Waals surface area contributed by atoms with Gasteiger partial charge < -0.3 is 0 Å². The molecule has 110 valence electrons. The fraction of sp³-hybridized carbons (Fsp3) is 0.250. The van der Waals surface area contributed by atoms with E-state index in [9.17, 15) is 8.42 Å². The minimum Gasteiger partial charge on any atom is -0.207 e. The van der Waals surface area contributed by atoms with Crippen molar-refractivity contribution in [3.63, 3.8) is 0 Å². The Labute approximate surface area is 130 Å². The molecule has 0 unspecified atom stereocenters. The molecule has 1 aliphatic heterocycles. The van der Waals surface area contributed by atoms with Crippen LogP contribution in [-0.2, 0) is 10.0 Å². The van der Waals surface area contributed by atoms with E-state index >= 15 is 0 Å². The lowest BCUT2D eigenvalue weighted by molar-refractivity contribution is 0.443. The van der Waals surface area contributed by atoms with Crippen molar-refractivity contribution in [2.24, 2.45) is 0 Å². The Kier molecular flexibility index (Phi) is 4.33. The van der Waals surface area contributed by atoms with Crippen LogP contribution in [-0.4, -0.2) is 37.3 Å². The average Bonchev–Trinajstić information content (AvgIpc) is 2.57. The van der Waals surface area contributed by atoms with E-state index in [-0.39, 0.29) is 0 Å². The molecule has 21 heavy (non-hydrogen) atoms. The first-order valence-electron chi connectivity index (χ1n) is 6.91. The maximum absolute atomic E-state index is 12.6. The molecule has 3 rings (SSSR count). The van der Waals surface area contributed by atoms with E-state index in [0.717, 1.165) is 22.6 Å². The topological polar surface area (TPSA) is 37.4 Å². The lowest BCUT2D eigenvalue weighted by Crippen LogP contribution is -2.37. The Hall–Kier alpha value is -1.30. The van der Waals surface area contributed by atoms with Gasteiger partial charge in [-0.3, -0.25) is 0 Å². The van der Waals surface area contributed by atoms with Crippen molar-refractivity contribution in [2.45, 2.75) is 4.90 Å². The van der Waals surface area contributed by atoms with Gasteiger partial charge >= 0.3 is 0 Å². The van der Waals surface area contributed by atoms with E-state index in [1.54, 1.807) is 28.2 Å². The zero-order chi connectivity index (χ0) is 14.7. The molecule has 2 aromatic carbocycles. The molecule has 0 spiro atoms. The number of hydrogen-bond acceptors (Lipinski definition) is 3. The van der Waals surface area contributed by atoms with Gasteiger partial charge in [-0.1, -0.05) is 42.5 Å². The van der Waals surface area contributed by atoms with Crippen LogP contribution in [0.3, 0.4) is 0 Å². The summed E-state index contributed by atoms with van der Waals surface area (Å²) in [7, 11) is -3.34. The van der Waals surface area contributed by atoms with Gasteiger partial charge in [0.05, 0.1) is 4.90 Å². The predicted octanol–water partition coefficient (Wildman–Crippen LogP) is 3.09. The standard InChI is InChI=1S/C16H17NO2S2/c18-21(19,17-10-12-20-13-11-17)16-8-6-15(7-9-16)14-4-2-1-3-5-14/h1-9H,10-13H2. The largest absolute Gasteiger partial charge is 0.243 e. The Bertz CT molecular complexity index is 691. The molecule has 2 aromatic rings. The number of nitrogens with zero attached hydrogens (tertiary/aromatic N) is 1. The SMILES string of the molecule is O=S(=O)(c1ccc(-c2ccccc2)cc1)N1CCSCC1. The van der Waals surface area contributed by atoms with Crippen LogP contribution in [0.1, 0.15) is 0 Å². The van der Waals surface area contributed by atoms with E-state index < -0.39 is 10.0 Å². The maximum Gasteiger partial charge on any atom is 0.243 e. The molecule has 0 aliphatic carbocycles. The van der Waals surface area contributed by atoms with E-state index in [4.69, 9.17) is 0 Å². The van der Waals surface area contributed by atoms with Crippen molar-refractivity contribution in [1.82, 2.24) is 4.31 Å². The van der Waals surface area contributed by atoms with E-state index in [1.165, 1.54) is 0 Å². The third-order valence-electron chi connectivity index (χ3n) is 3.57. The van der Waals surface area contributed by atoms with Crippen LogP contribution < -0.4 is 0 Å². The van der Waals surface area contributed by atoms with Gasteiger partial charge in [0.2, 0.25) is 10.0 Å². The molecule has 0 aromatic heterocycles. The zero-order valence-electron chi connectivity index (χ0n) is 11.6. The highest BCUT2D eigenvalue weighted by atomic mass is 32.2. The van der Waals surface area contributed by atoms with Gasteiger partial charge in [0, 0.05) is 24.6 Å². The van der Waals surface area contributed by atoms with Crippen LogP contribution >= 0.6 is 11.8 Å². The van der Waals surface area contributed by atoms with Crippen LogP contribution in [0.25, 0.3) is 11.1 Å². The molecule has 0 amide bonds. The van der Waals surface area contributed by atoms with Crippen molar-refractivity contribution in [3.8, 4) is 11.1 Å². The second kappa shape index (κ2) is 6.22. The molecule has 1 saturated heterocycles. The first kappa shape index (κ1) is 14.6. The van der Waals surface area contributed by atoms with Crippen molar-refractivity contribution < 1.29 is 8.42 Å². The number of hydrogen-bond donors (Lipinski definition) is 0. The predicted molar refractivity (Wildman–Crippen MR) is 88.0 cm³/mol. The molecule has 3 nitrogen and oxygen atoms in total. The van der Waals surface area contributed by atoms with Gasteiger partial charge in [-0.05, 0) is 23.3 Å². The fourth-order valence-electron chi connectivity index (χ4n) is 2.39. The summed E-state index contributed by atoms with van der Waals surface area (Å²) in [5, 5.41) is 0. The third kappa shape index (κ3) is 3.15. The van der Waals surface area contributed by atoms with Crippen molar-refractivity contribution in [2.75, 3.05) is 24.6 Å². The number of rotatable bonds is 3. The van der Waals surface area contributed by atoms with E-state index in [2.05, 4.69) is 0 Å². The summed E-state index contributed by atoms with van der Waals surface area (Å²) < 4.78 is 26.7. The van der Waals surface area contributed by atoms with Crippen molar-refractivity contribution in [3.05, 3.63) is 54.6 Å². The van der Waals surface area contributed by atoms with Gasteiger partial charge in [-0.25, -0.2) is 8.42 Å². The van der Waals surface area contributed by atoms with Crippen LogP contribution in [0.2, 0.25) is 0 Å². The first-order chi connectivity index (χ1) is 10.2. The first-order valence-corrected chi connectivity index (χ1v) is 9.51. The van der Waals surface area contributed by atoms with Gasteiger partial charge in [-0.15, -0.1) is 0 Å². The van der Waals surface area contributed by atoms with E-state index in [1.807, 2.05) is 42.5 Å². The highest BCUT2D eigenvalue weighted by molar-refractivity contribution is 7.99. The van der Waals surface area contributed by atoms with Crippen molar-refractivity contribution >= 4 is 21.8 Å².